The Balaban J connectivity index is 1.73. The number of thioether (sulfide) groups is 1. The normalized spacial score (nSPS) is 16.6. The third-order valence-electron chi connectivity index (χ3n) is 5.84. The topological polar surface area (TPSA) is 82.4 Å². The molecule has 3 aromatic carbocycles. The predicted molar refractivity (Wildman–Crippen MR) is 139 cm³/mol. The van der Waals surface area contributed by atoms with Gasteiger partial charge in [0.2, 0.25) is 5.91 Å². The Labute approximate surface area is 209 Å². The van der Waals surface area contributed by atoms with Gasteiger partial charge in [0.05, 0.1) is 18.0 Å². The summed E-state index contributed by atoms with van der Waals surface area (Å²) in [4.78, 5) is 28.4. The minimum absolute atomic E-state index is 0.0907. The van der Waals surface area contributed by atoms with Crippen molar-refractivity contribution in [2.24, 2.45) is 0 Å². The van der Waals surface area contributed by atoms with Gasteiger partial charge in [-0.3, -0.25) is 14.5 Å². The smallest absolute Gasteiger partial charge is 0.269 e. The van der Waals surface area contributed by atoms with E-state index >= 15 is 0 Å². The summed E-state index contributed by atoms with van der Waals surface area (Å²) in [5, 5.41) is 12.7. The summed E-state index contributed by atoms with van der Waals surface area (Å²) < 4.78 is 5.23. The number of nitriles is 1. The molecule has 0 aromatic heterocycles. The number of nitrogens with zero attached hydrogens (tertiary/aromatic N) is 2. The summed E-state index contributed by atoms with van der Waals surface area (Å²) in [6, 6.07) is 24.4. The lowest BCUT2D eigenvalue weighted by Crippen LogP contribution is -2.31. The number of nitrogens with one attached hydrogen (secondary N) is 1. The van der Waals surface area contributed by atoms with Gasteiger partial charge in [-0.1, -0.05) is 60.3 Å². The van der Waals surface area contributed by atoms with Gasteiger partial charge in [-0.25, -0.2) is 0 Å². The Bertz CT molecular complexity index is 1340. The third-order valence-corrected chi connectivity index (χ3v) is 7.10. The van der Waals surface area contributed by atoms with Crippen LogP contribution in [-0.2, 0) is 16.0 Å². The Morgan fingerprint density at radius 2 is 1.69 bits per heavy atom. The number of aryl methyl sites for hydroxylation is 2. The molecule has 1 heterocycles. The van der Waals surface area contributed by atoms with Crippen molar-refractivity contribution in [3.05, 3.63) is 100 Å². The van der Waals surface area contributed by atoms with Gasteiger partial charge in [-0.05, 0) is 61.2 Å². The molecule has 3 aromatic rings. The van der Waals surface area contributed by atoms with Crippen LogP contribution in [-0.4, -0.2) is 24.2 Å². The van der Waals surface area contributed by atoms with Crippen molar-refractivity contribution < 1.29 is 14.3 Å². The largest absolute Gasteiger partial charge is 0.497 e. The van der Waals surface area contributed by atoms with E-state index in [0.717, 1.165) is 22.4 Å². The molecule has 2 amide bonds. The molecule has 1 fully saturated rings. The zero-order chi connectivity index (χ0) is 24.9. The van der Waals surface area contributed by atoms with Gasteiger partial charge in [0, 0.05) is 5.69 Å². The molecule has 0 radical (unpaired) electrons. The lowest BCUT2D eigenvalue weighted by atomic mass is 10.1. The van der Waals surface area contributed by atoms with Gasteiger partial charge in [-0.2, -0.15) is 5.26 Å². The number of rotatable bonds is 6. The van der Waals surface area contributed by atoms with Crippen LogP contribution < -0.4 is 15.0 Å². The van der Waals surface area contributed by atoms with Gasteiger partial charge in [0.25, 0.3) is 5.91 Å². The van der Waals surface area contributed by atoms with Crippen LogP contribution in [0.5, 0.6) is 5.75 Å². The SMILES string of the molecule is COc1ccc(C[C@@H]2S/C(=C(/C#N)C(=O)Nc3ccccc3C)N(c3ccccc3C)C2=O)cc1. The lowest BCUT2D eigenvalue weighted by Gasteiger charge is -2.20. The number of para-hydroxylation sites is 2. The number of amides is 2. The van der Waals surface area contributed by atoms with Crippen LogP contribution in [0.4, 0.5) is 11.4 Å². The van der Waals surface area contributed by atoms with Gasteiger partial charge in [0.1, 0.15) is 22.4 Å². The number of hydrogen-bond acceptors (Lipinski definition) is 5. The van der Waals surface area contributed by atoms with E-state index in [9.17, 15) is 14.9 Å². The fraction of sp³-hybridized carbons (Fsp3) is 0.179. The van der Waals surface area contributed by atoms with Crippen molar-refractivity contribution in [1.82, 2.24) is 0 Å². The molecule has 1 N–H and O–H groups in total. The zero-order valence-electron chi connectivity index (χ0n) is 19.7. The van der Waals surface area contributed by atoms with Crippen LogP contribution in [0.15, 0.2) is 83.4 Å². The van der Waals surface area contributed by atoms with Crippen LogP contribution >= 0.6 is 11.8 Å². The maximum Gasteiger partial charge on any atom is 0.269 e. The number of carbonyl (C=O) groups excluding carboxylic acids is 2. The second kappa shape index (κ2) is 10.5. The molecule has 4 rings (SSSR count). The summed E-state index contributed by atoms with van der Waals surface area (Å²) in [6.45, 7) is 3.79. The molecule has 0 aliphatic carbocycles. The molecule has 6 nitrogen and oxygen atoms in total. The molecule has 1 saturated heterocycles. The van der Waals surface area contributed by atoms with E-state index in [0.29, 0.717) is 22.8 Å². The third kappa shape index (κ3) is 5.08. The van der Waals surface area contributed by atoms with E-state index in [1.54, 1.807) is 13.2 Å². The molecule has 1 aliphatic rings. The Hall–Kier alpha value is -4.02. The monoisotopic (exact) mass is 483 g/mol. The van der Waals surface area contributed by atoms with Crippen molar-refractivity contribution in [2.45, 2.75) is 25.5 Å². The van der Waals surface area contributed by atoms with Crippen LogP contribution in [0.1, 0.15) is 16.7 Å². The second-order valence-corrected chi connectivity index (χ2v) is 9.37. The number of anilines is 2. The van der Waals surface area contributed by atoms with E-state index in [4.69, 9.17) is 4.74 Å². The standard InChI is InChI=1S/C28H25N3O3S/c1-18-8-4-6-10-23(18)30-26(32)22(17-29)28-31(24-11-7-5-9-19(24)2)27(33)25(35-28)16-20-12-14-21(34-3)15-13-20/h4-15,25H,16H2,1-3H3,(H,30,32)/b28-22-/t25-/m0/s1. The lowest BCUT2D eigenvalue weighted by molar-refractivity contribution is -0.117. The van der Waals surface area contributed by atoms with E-state index in [1.165, 1.54) is 16.7 Å². The van der Waals surface area contributed by atoms with Gasteiger partial charge >= 0.3 is 0 Å². The molecule has 0 unspecified atom stereocenters. The van der Waals surface area contributed by atoms with Crippen molar-refractivity contribution >= 4 is 35.0 Å². The maximum absolute atomic E-state index is 13.7. The summed E-state index contributed by atoms with van der Waals surface area (Å²) in [6.07, 6.45) is 0.456. The Kier molecular flexibility index (Phi) is 7.23. The first kappa shape index (κ1) is 24.1. The van der Waals surface area contributed by atoms with Crippen molar-refractivity contribution in [3.8, 4) is 11.8 Å². The van der Waals surface area contributed by atoms with Crippen molar-refractivity contribution in [3.63, 3.8) is 0 Å². The average Bonchev–Trinajstić information content (AvgIpc) is 3.17. The van der Waals surface area contributed by atoms with E-state index < -0.39 is 11.2 Å². The predicted octanol–water partition coefficient (Wildman–Crippen LogP) is 5.38. The van der Waals surface area contributed by atoms with Gasteiger partial charge in [-0.15, -0.1) is 0 Å². The number of hydrogen-bond donors (Lipinski definition) is 1. The highest BCUT2D eigenvalue weighted by molar-refractivity contribution is 8.05. The summed E-state index contributed by atoms with van der Waals surface area (Å²) in [5.74, 6) is 0.0354. The fourth-order valence-corrected chi connectivity index (χ4v) is 5.19. The molecule has 1 atom stereocenters. The molecule has 0 bridgehead atoms. The fourth-order valence-electron chi connectivity index (χ4n) is 3.89. The van der Waals surface area contributed by atoms with Crippen LogP contribution in [0.2, 0.25) is 0 Å². The molecule has 0 saturated carbocycles. The number of benzene rings is 3. The highest BCUT2D eigenvalue weighted by Gasteiger charge is 2.41. The van der Waals surface area contributed by atoms with Crippen molar-refractivity contribution in [1.29, 1.82) is 5.26 Å². The minimum atomic E-state index is -0.541. The first-order chi connectivity index (χ1) is 16.9. The molecule has 176 valence electrons. The molecule has 35 heavy (non-hydrogen) atoms. The maximum atomic E-state index is 13.7. The number of carbonyl (C=O) groups is 2. The van der Waals surface area contributed by atoms with Crippen LogP contribution in [0, 0.1) is 25.2 Å². The van der Waals surface area contributed by atoms with Crippen molar-refractivity contribution in [2.75, 3.05) is 17.3 Å². The van der Waals surface area contributed by atoms with Crippen LogP contribution in [0.3, 0.4) is 0 Å². The first-order valence-electron chi connectivity index (χ1n) is 11.1. The average molecular weight is 484 g/mol. The van der Waals surface area contributed by atoms with Gasteiger partial charge < -0.3 is 10.1 Å². The number of ether oxygens (including phenoxy) is 1. The highest BCUT2D eigenvalue weighted by atomic mass is 32.2. The summed E-state index contributed by atoms with van der Waals surface area (Å²) >= 11 is 1.25. The Morgan fingerprint density at radius 3 is 2.31 bits per heavy atom. The molecule has 1 aliphatic heterocycles. The highest BCUT2D eigenvalue weighted by Crippen LogP contribution is 2.43. The zero-order valence-corrected chi connectivity index (χ0v) is 20.6. The van der Waals surface area contributed by atoms with E-state index in [2.05, 4.69) is 11.4 Å². The second-order valence-electron chi connectivity index (χ2n) is 8.18. The minimum Gasteiger partial charge on any atom is -0.497 e. The molecule has 0 spiro atoms. The summed E-state index contributed by atoms with van der Waals surface area (Å²) in [5.41, 5.74) is 3.91. The van der Waals surface area contributed by atoms with E-state index in [1.807, 2.05) is 80.6 Å². The van der Waals surface area contributed by atoms with E-state index in [-0.39, 0.29) is 11.5 Å². The van der Waals surface area contributed by atoms with Crippen LogP contribution in [0.25, 0.3) is 0 Å². The Morgan fingerprint density at radius 1 is 1.03 bits per heavy atom. The molecular weight excluding hydrogens is 458 g/mol. The summed E-state index contributed by atoms with van der Waals surface area (Å²) in [7, 11) is 1.61. The quantitative estimate of drug-likeness (QED) is 0.376. The van der Waals surface area contributed by atoms with Gasteiger partial charge in [0.15, 0.2) is 0 Å². The first-order valence-corrected chi connectivity index (χ1v) is 12.0. The molecule has 7 heteroatoms. The molecular formula is C28H25N3O3S. The number of methoxy groups -OCH3 is 1.